The highest BCUT2D eigenvalue weighted by atomic mass is 32.2. The van der Waals surface area contributed by atoms with E-state index < -0.39 is 86.2 Å². The van der Waals surface area contributed by atoms with Gasteiger partial charge in [-0.2, -0.15) is 0 Å². The Kier molecular flexibility index (Phi) is 11.3. The number of sulfonamides is 1. The number of hydrogen-bond donors (Lipinski definition) is 3. The Bertz CT molecular complexity index is 1590. The molecule has 4 amide bonds. The van der Waals surface area contributed by atoms with E-state index in [1.807, 2.05) is 37.3 Å². The number of hydrogen-bond acceptors (Lipinski definition) is 10. The molecule has 3 fully saturated rings. The normalized spacial score (nSPS) is 28.8. The minimum absolute atomic E-state index is 0.0740. The molecule has 0 spiro atoms. The van der Waals surface area contributed by atoms with Crippen molar-refractivity contribution >= 4 is 39.8 Å². The van der Waals surface area contributed by atoms with Gasteiger partial charge in [0.25, 0.3) is 5.91 Å². The van der Waals surface area contributed by atoms with E-state index in [0.29, 0.717) is 25.7 Å². The molecular formula is C35H48N4O10S. The summed E-state index contributed by atoms with van der Waals surface area (Å²) in [7, 11) is -3.92. The molecule has 0 aromatic heterocycles. The summed E-state index contributed by atoms with van der Waals surface area (Å²) in [5.74, 6) is -3.75. The third-order valence-corrected chi connectivity index (χ3v) is 11.2. The van der Waals surface area contributed by atoms with Gasteiger partial charge in [-0.1, -0.05) is 49.4 Å². The van der Waals surface area contributed by atoms with Gasteiger partial charge in [-0.05, 0) is 64.9 Å². The van der Waals surface area contributed by atoms with Crippen molar-refractivity contribution in [2.75, 3.05) is 19.8 Å². The Labute approximate surface area is 293 Å². The van der Waals surface area contributed by atoms with E-state index in [0.717, 1.165) is 5.56 Å². The molecule has 2 saturated carbocycles. The predicted molar refractivity (Wildman–Crippen MR) is 181 cm³/mol. The quantitative estimate of drug-likeness (QED) is 0.267. The van der Waals surface area contributed by atoms with E-state index in [-0.39, 0.29) is 39.0 Å². The van der Waals surface area contributed by atoms with Crippen molar-refractivity contribution in [1.29, 1.82) is 0 Å². The zero-order valence-electron chi connectivity index (χ0n) is 29.0. The van der Waals surface area contributed by atoms with Crippen molar-refractivity contribution < 1.29 is 46.6 Å². The summed E-state index contributed by atoms with van der Waals surface area (Å²) >= 11 is 0. The molecule has 5 rings (SSSR count). The van der Waals surface area contributed by atoms with Gasteiger partial charge >= 0.3 is 12.1 Å². The fourth-order valence-electron chi connectivity index (χ4n) is 6.48. The first kappa shape index (κ1) is 37.3. The van der Waals surface area contributed by atoms with E-state index >= 15 is 0 Å². The number of carbonyl (C=O) groups is 5. The molecule has 0 radical (unpaired) electrons. The van der Waals surface area contributed by atoms with Crippen molar-refractivity contribution in [2.45, 2.75) is 113 Å². The molecule has 3 N–H and O–H groups in total. The molecule has 2 heterocycles. The van der Waals surface area contributed by atoms with Crippen LogP contribution in [0.1, 0.15) is 84.1 Å². The molecule has 2 aliphatic heterocycles. The van der Waals surface area contributed by atoms with Gasteiger partial charge in [0, 0.05) is 18.9 Å². The topological polar surface area (TPSA) is 187 Å². The van der Waals surface area contributed by atoms with Crippen LogP contribution in [0.5, 0.6) is 0 Å². The van der Waals surface area contributed by atoms with Gasteiger partial charge in [0.15, 0.2) is 0 Å². The summed E-state index contributed by atoms with van der Waals surface area (Å²) in [6.07, 6.45) is 3.69. The summed E-state index contributed by atoms with van der Waals surface area (Å²) in [5, 5.41) is 4.76. The van der Waals surface area contributed by atoms with Crippen molar-refractivity contribution in [3.8, 4) is 0 Å². The van der Waals surface area contributed by atoms with Crippen molar-refractivity contribution in [3.63, 3.8) is 0 Å². The van der Waals surface area contributed by atoms with Crippen LogP contribution >= 0.6 is 0 Å². The monoisotopic (exact) mass is 716 g/mol. The van der Waals surface area contributed by atoms with Gasteiger partial charge < -0.3 is 29.7 Å². The number of rotatable bonds is 8. The fraction of sp³-hybridized carbons (Fsp3) is 0.629. The maximum atomic E-state index is 14.3. The van der Waals surface area contributed by atoms with Crippen LogP contribution in [0.2, 0.25) is 0 Å². The minimum atomic E-state index is -3.92. The summed E-state index contributed by atoms with van der Waals surface area (Å²) in [6.45, 7) is 7.23. The average Bonchev–Trinajstić information content (AvgIpc) is 3.96. The van der Waals surface area contributed by atoms with Crippen LogP contribution in [0.4, 0.5) is 4.79 Å². The predicted octanol–water partition coefficient (Wildman–Crippen LogP) is 2.44. The van der Waals surface area contributed by atoms with Gasteiger partial charge in [-0.25, -0.2) is 13.2 Å². The summed E-state index contributed by atoms with van der Waals surface area (Å²) < 4.78 is 44.7. The molecule has 274 valence electrons. The lowest BCUT2D eigenvalue weighted by molar-refractivity contribution is -0.151. The molecule has 1 aromatic rings. The van der Waals surface area contributed by atoms with Gasteiger partial charge in [0.2, 0.25) is 21.8 Å². The number of ether oxygens (including phenoxy) is 3. The van der Waals surface area contributed by atoms with Gasteiger partial charge in [0.1, 0.15) is 29.3 Å². The SMILES string of the molecule is CCC(C(=O)O[C@@H]1C[C@H]2C(=O)N[C@]3(C(=O)NS(=O)(=O)C4CC4)C[C@@H]3/C=C\COCCC[C@H](NC(=O)OC(C)(C)C)C(=O)N2C1)c1ccccc1. The van der Waals surface area contributed by atoms with Gasteiger partial charge in [-0.15, -0.1) is 0 Å². The van der Waals surface area contributed by atoms with Gasteiger partial charge in [-0.3, -0.25) is 23.9 Å². The van der Waals surface area contributed by atoms with Crippen molar-refractivity contribution in [3.05, 3.63) is 48.0 Å². The number of nitrogens with one attached hydrogen (secondary N) is 3. The second kappa shape index (κ2) is 15.1. The van der Waals surface area contributed by atoms with E-state index in [2.05, 4.69) is 15.4 Å². The number of esters is 1. The fourth-order valence-corrected chi connectivity index (χ4v) is 7.84. The second-order valence-corrected chi connectivity index (χ2v) is 16.4. The van der Waals surface area contributed by atoms with Crippen LogP contribution in [0.15, 0.2) is 42.5 Å². The summed E-state index contributed by atoms with van der Waals surface area (Å²) in [6, 6.07) is 6.84. The van der Waals surface area contributed by atoms with Crippen LogP contribution in [0.3, 0.4) is 0 Å². The zero-order valence-corrected chi connectivity index (χ0v) is 29.8. The summed E-state index contributed by atoms with van der Waals surface area (Å²) in [5.41, 5.74) is -1.64. The second-order valence-electron chi connectivity index (χ2n) is 14.5. The minimum Gasteiger partial charge on any atom is -0.460 e. The highest BCUT2D eigenvalue weighted by molar-refractivity contribution is 7.91. The Morgan fingerprint density at radius 2 is 1.84 bits per heavy atom. The Morgan fingerprint density at radius 3 is 2.50 bits per heavy atom. The number of fused-ring (bicyclic) bond motifs is 2. The number of nitrogens with zero attached hydrogens (tertiary/aromatic N) is 1. The van der Waals surface area contributed by atoms with Crippen LogP contribution in [0.25, 0.3) is 0 Å². The smallest absolute Gasteiger partial charge is 0.408 e. The molecule has 15 heteroatoms. The molecule has 50 heavy (non-hydrogen) atoms. The molecule has 0 bridgehead atoms. The average molecular weight is 717 g/mol. The van der Waals surface area contributed by atoms with E-state index in [1.54, 1.807) is 32.9 Å². The molecule has 14 nitrogen and oxygen atoms in total. The number of carbonyl (C=O) groups excluding carboxylic acids is 5. The molecule has 1 saturated heterocycles. The first-order valence-electron chi connectivity index (χ1n) is 17.3. The van der Waals surface area contributed by atoms with E-state index in [1.165, 1.54) is 4.90 Å². The maximum Gasteiger partial charge on any atom is 0.408 e. The highest BCUT2D eigenvalue weighted by Crippen LogP contribution is 2.46. The number of benzene rings is 1. The third kappa shape index (κ3) is 9.02. The number of alkyl carbamates (subject to hydrolysis) is 1. The number of amides is 4. The Morgan fingerprint density at radius 1 is 1.12 bits per heavy atom. The Hall–Kier alpha value is -3.98. The first-order chi connectivity index (χ1) is 23.6. The lowest BCUT2D eigenvalue weighted by Crippen LogP contribution is -2.58. The molecule has 1 unspecified atom stereocenters. The molecular weight excluding hydrogens is 668 g/mol. The standard InChI is InChI=1S/C35H48N4O10S/c1-5-26(22-11-7-6-8-12-22)31(42)48-24-19-28-29(40)37-35(32(43)38-50(45,46)25-15-16-25)20-23(35)13-9-17-47-18-10-14-27(30(41)39(28)21-24)36-33(44)49-34(2,3)4/h6-9,11-13,23-28H,5,10,14-21H2,1-4H3,(H,36,44)(H,37,40)(H,38,43)/b13-9-/t23-,24+,26?,27-,28-,35+/m0/s1. The van der Waals surface area contributed by atoms with E-state index in [9.17, 15) is 32.4 Å². The largest absolute Gasteiger partial charge is 0.460 e. The lowest BCUT2D eigenvalue weighted by atomic mass is 9.97. The maximum absolute atomic E-state index is 14.3. The summed E-state index contributed by atoms with van der Waals surface area (Å²) in [4.78, 5) is 69.5. The van der Waals surface area contributed by atoms with Crippen LogP contribution in [-0.4, -0.2) is 97.4 Å². The highest BCUT2D eigenvalue weighted by Gasteiger charge is 2.62. The molecule has 2 aliphatic carbocycles. The molecule has 6 atom stereocenters. The third-order valence-electron chi connectivity index (χ3n) is 9.34. The van der Waals surface area contributed by atoms with Crippen LogP contribution in [-0.2, 0) is 43.4 Å². The molecule has 1 aromatic carbocycles. The zero-order chi connectivity index (χ0) is 36.3. The lowest BCUT2D eigenvalue weighted by Gasteiger charge is -2.30. The molecule has 4 aliphatic rings. The van der Waals surface area contributed by atoms with Gasteiger partial charge in [0.05, 0.1) is 24.3 Å². The first-order valence-corrected chi connectivity index (χ1v) is 18.9. The van der Waals surface area contributed by atoms with Crippen LogP contribution in [0, 0.1) is 5.92 Å². The van der Waals surface area contributed by atoms with E-state index in [4.69, 9.17) is 14.2 Å². The van der Waals surface area contributed by atoms with Crippen molar-refractivity contribution in [2.24, 2.45) is 5.92 Å². The Balaban J connectivity index is 1.42. The van der Waals surface area contributed by atoms with Crippen molar-refractivity contribution in [1.82, 2.24) is 20.3 Å². The van der Waals surface area contributed by atoms with Crippen LogP contribution < -0.4 is 15.4 Å².